The van der Waals surface area contributed by atoms with Gasteiger partial charge in [0, 0.05) is 17.4 Å². The highest BCUT2D eigenvalue weighted by atomic mass is 32.1. The molecule has 2 aromatic carbocycles. The highest BCUT2D eigenvalue weighted by Crippen LogP contribution is 2.29. The summed E-state index contributed by atoms with van der Waals surface area (Å²) in [5, 5.41) is 1.55. The van der Waals surface area contributed by atoms with Gasteiger partial charge < -0.3 is 0 Å². The average Bonchev–Trinajstić information content (AvgIpc) is 2.52. The van der Waals surface area contributed by atoms with Crippen LogP contribution in [0.3, 0.4) is 0 Å². The van der Waals surface area contributed by atoms with Crippen LogP contribution in [0.1, 0.15) is 33.5 Å². The Bertz CT molecular complexity index is 675. The molecule has 0 radical (unpaired) electrons. The van der Waals surface area contributed by atoms with Crippen molar-refractivity contribution in [3.05, 3.63) is 70.8 Å². The van der Waals surface area contributed by atoms with E-state index in [9.17, 15) is 18.0 Å². The molecule has 0 unspecified atom stereocenters. The maximum atomic E-state index is 12.5. The van der Waals surface area contributed by atoms with Crippen LogP contribution in [-0.2, 0) is 12.6 Å². The fraction of sp³-hybridized carbons (Fsp3) is 0.176. The number of hydrogen-bond acceptors (Lipinski definition) is 2. The maximum absolute atomic E-state index is 12.5. The van der Waals surface area contributed by atoms with Crippen molar-refractivity contribution in [2.75, 3.05) is 0 Å². The number of Topliss-reactive ketones (excluding diaryl/α,β-unsaturated/α-hetero) is 1. The van der Waals surface area contributed by atoms with E-state index in [1.165, 1.54) is 12.1 Å². The van der Waals surface area contributed by atoms with Gasteiger partial charge in [0.1, 0.15) is 0 Å². The second-order valence-corrected chi connectivity index (χ2v) is 5.05. The molecule has 5 heteroatoms. The van der Waals surface area contributed by atoms with Crippen molar-refractivity contribution in [3.63, 3.8) is 0 Å². The Morgan fingerprint density at radius 1 is 1.05 bits per heavy atom. The Labute approximate surface area is 131 Å². The molecule has 0 N–H and O–H groups in total. The first-order valence-corrected chi connectivity index (χ1v) is 7.12. The lowest BCUT2D eigenvalue weighted by Gasteiger charge is -2.08. The van der Waals surface area contributed by atoms with Gasteiger partial charge in [-0.25, -0.2) is 0 Å². The summed E-state index contributed by atoms with van der Waals surface area (Å²) in [7, 11) is 0. The van der Waals surface area contributed by atoms with Crippen LogP contribution in [-0.4, -0.2) is 11.2 Å². The fourth-order valence-corrected chi connectivity index (χ4v) is 2.34. The summed E-state index contributed by atoms with van der Waals surface area (Å²) in [6.45, 7) is 0. The minimum Gasteiger partial charge on any atom is -0.294 e. The quantitative estimate of drug-likeness (QED) is 0.577. The number of carbonyl (C=O) groups is 1. The van der Waals surface area contributed by atoms with Crippen molar-refractivity contribution >= 4 is 23.4 Å². The molecule has 114 valence electrons. The van der Waals surface area contributed by atoms with Crippen LogP contribution >= 0.6 is 12.2 Å². The van der Waals surface area contributed by atoms with Gasteiger partial charge in [0.25, 0.3) is 0 Å². The summed E-state index contributed by atoms with van der Waals surface area (Å²) < 4.78 is 37.4. The van der Waals surface area contributed by atoms with E-state index < -0.39 is 11.7 Å². The van der Waals surface area contributed by atoms with Crippen LogP contribution in [0.15, 0.2) is 48.5 Å². The molecule has 1 nitrogen and oxygen atoms in total. The third-order valence-corrected chi connectivity index (χ3v) is 3.59. The molecule has 0 bridgehead atoms. The lowest BCUT2D eigenvalue weighted by atomic mass is 9.99. The number of benzene rings is 2. The van der Waals surface area contributed by atoms with Gasteiger partial charge >= 0.3 is 6.18 Å². The molecule has 0 fully saturated rings. The Kier molecular flexibility index (Phi) is 5.08. The molecule has 0 aliphatic heterocycles. The van der Waals surface area contributed by atoms with Gasteiger partial charge in [0.05, 0.1) is 5.56 Å². The molecule has 0 amide bonds. The van der Waals surface area contributed by atoms with Gasteiger partial charge in [-0.3, -0.25) is 4.79 Å². The predicted octanol–water partition coefficient (Wildman–Crippen LogP) is 4.87. The number of aryl methyl sites for hydroxylation is 1. The second-order valence-electron chi connectivity index (χ2n) is 4.81. The first kappa shape index (κ1) is 16.4. The lowest BCUT2D eigenvalue weighted by Crippen LogP contribution is -2.07. The van der Waals surface area contributed by atoms with E-state index in [0.717, 1.165) is 23.3 Å². The minimum absolute atomic E-state index is 0.187. The second kappa shape index (κ2) is 6.83. The van der Waals surface area contributed by atoms with Gasteiger partial charge in [0.2, 0.25) is 0 Å². The smallest absolute Gasteiger partial charge is 0.294 e. The predicted molar refractivity (Wildman–Crippen MR) is 83.3 cm³/mol. The summed E-state index contributed by atoms with van der Waals surface area (Å²) in [4.78, 5) is 12.1. The summed E-state index contributed by atoms with van der Waals surface area (Å²) in [6.07, 6.45) is -3.66. The molecule has 2 rings (SSSR count). The van der Waals surface area contributed by atoms with E-state index in [0.29, 0.717) is 6.42 Å². The molecule has 2 aromatic rings. The van der Waals surface area contributed by atoms with Crippen molar-refractivity contribution in [1.82, 2.24) is 0 Å². The summed E-state index contributed by atoms with van der Waals surface area (Å²) in [5.41, 5.74) is 1.37. The zero-order valence-electron chi connectivity index (χ0n) is 11.6. The summed E-state index contributed by atoms with van der Waals surface area (Å²) in [5.74, 6) is -0.187. The highest BCUT2D eigenvalue weighted by molar-refractivity contribution is 7.79. The molecule has 22 heavy (non-hydrogen) atoms. The molecule has 0 aliphatic rings. The fourth-order valence-electron chi connectivity index (χ4n) is 2.11. The molecule has 0 saturated carbocycles. The van der Waals surface area contributed by atoms with Crippen molar-refractivity contribution < 1.29 is 18.0 Å². The summed E-state index contributed by atoms with van der Waals surface area (Å²) >= 11 is 4.91. The minimum atomic E-state index is -4.39. The zero-order valence-corrected chi connectivity index (χ0v) is 12.4. The Hall–Kier alpha value is -2.01. The van der Waals surface area contributed by atoms with Crippen LogP contribution in [0.4, 0.5) is 13.2 Å². The molecule has 0 atom stereocenters. The number of halogens is 3. The van der Waals surface area contributed by atoms with E-state index in [1.54, 1.807) is 5.37 Å². The summed E-state index contributed by atoms with van der Waals surface area (Å²) in [6, 6.07) is 11.8. The monoisotopic (exact) mass is 322 g/mol. The normalized spacial score (nSPS) is 11.2. The number of alkyl halides is 3. The third-order valence-electron chi connectivity index (χ3n) is 3.34. The lowest BCUT2D eigenvalue weighted by molar-refractivity contribution is -0.137. The maximum Gasteiger partial charge on any atom is 0.416 e. The van der Waals surface area contributed by atoms with E-state index in [-0.39, 0.29) is 17.8 Å². The van der Waals surface area contributed by atoms with Crippen molar-refractivity contribution in [3.8, 4) is 0 Å². The molecular formula is C17H13F3OS. The van der Waals surface area contributed by atoms with Crippen molar-refractivity contribution in [2.45, 2.75) is 19.0 Å². The van der Waals surface area contributed by atoms with Crippen LogP contribution in [0, 0.1) is 0 Å². The average molecular weight is 322 g/mol. The van der Waals surface area contributed by atoms with Gasteiger partial charge in [-0.2, -0.15) is 13.2 Å². The van der Waals surface area contributed by atoms with E-state index in [4.69, 9.17) is 12.2 Å². The van der Waals surface area contributed by atoms with E-state index >= 15 is 0 Å². The number of hydrogen-bond donors (Lipinski definition) is 0. The number of thiocarbonyl (C=S) groups is 1. The van der Waals surface area contributed by atoms with Crippen molar-refractivity contribution in [2.24, 2.45) is 0 Å². The van der Waals surface area contributed by atoms with Crippen LogP contribution in [0.5, 0.6) is 0 Å². The van der Waals surface area contributed by atoms with Crippen LogP contribution in [0.25, 0.3) is 0 Å². The standard InChI is InChI=1S/C17H13F3OS/c18-17(19,20)15-8-5-13(6-9-15)16(21)10-7-12-3-1-2-4-14(12)11-22/h1-6,8-9,11H,7,10H2. The first-order chi connectivity index (χ1) is 10.4. The molecule has 0 spiro atoms. The topological polar surface area (TPSA) is 17.1 Å². The molecule has 0 aromatic heterocycles. The van der Waals surface area contributed by atoms with Gasteiger partial charge in [-0.15, -0.1) is 0 Å². The number of carbonyl (C=O) groups excluding carboxylic acids is 1. The molecule has 0 aliphatic carbocycles. The van der Waals surface area contributed by atoms with Crippen LogP contribution < -0.4 is 0 Å². The third kappa shape index (κ3) is 4.01. The van der Waals surface area contributed by atoms with Gasteiger partial charge in [-0.1, -0.05) is 48.6 Å². The molecule has 0 heterocycles. The Morgan fingerprint density at radius 2 is 1.68 bits per heavy atom. The highest BCUT2D eigenvalue weighted by Gasteiger charge is 2.30. The Balaban J connectivity index is 2.05. The number of ketones is 1. The molecular weight excluding hydrogens is 309 g/mol. The SMILES string of the molecule is O=C(CCc1ccccc1C=S)c1ccc(C(F)(F)F)cc1. The van der Waals surface area contributed by atoms with Gasteiger partial charge in [0.15, 0.2) is 5.78 Å². The number of rotatable bonds is 5. The zero-order chi connectivity index (χ0) is 16.2. The first-order valence-electron chi connectivity index (χ1n) is 6.65. The molecule has 0 saturated heterocycles. The largest absolute Gasteiger partial charge is 0.416 e. The Morgan fingerprint density at radius 3 is 2.27 bits per heavy atom. The van der Waals surface area contributed by atoms with Crippen molar-refractivity contribution in [1.29, 1.82) is 0 Å². The van der Waals surface area contributed by atoms with E-state index in [2.05, 4.69) is 0 Å². The van der Waals surface area contributed by atoms with E-state index in [1.807, 2.05) is 24.3 Å². The van der Waals surface area contributed by atoms with Crippen LogP contribution in [0.2, 0.25) is 0 Å². The van der Waals surface area contributed by atoms with Gasteiger partial charge in [-0.05, 0) is 29.7 Å².